The van der Waals surface area contributed by atoms with Crippen LogP contribution in [0.5, 0.6) is 0 Å². The molecule has 0 heterocycles. The molecule has 0 aliphatic carbocycles. The van der Waals surface area contributed by atoms with E-state index in [-0.39, 0.29) is 4.43 Å². The summed E-state index contributed by atoms with van der Waals surface area (Å²) < 4.78 is 47.4. The van der Waals surface area contributed by atoms with Crippen LogP contribution < -0.4 is 0 Å². The van der Waals surface area contributed by atoms with E-state index in [4.69, 9.17) is 0 Å². The van der Waals surface area contributed by atoms with Crippen molar-refractivity contribution in [3.63, 3.8) is 0 Å². The van der Waals surface area contributed by atoms with Gasteiger partial charge in [0.1, 0.15) is 0 Å². The van der Waals surface area contributed by atoms with Gasteiger partial charge in [0.15, 0.2) is 0 Å². The number of alkyl halides is 6. The molecule has 0 aliphatic heterocycles. The van der Waals surface area contributed by atoms with Crippen molar-refractivity contribution in [3.05, 3.63) is 0 Å². The van der Waals surface area contributed by atoms with Gasteiger partial charge in [0.25, 0.3) is 0 Å². The average Bonchev–Trinajstić information content (AvgIpc) is 1.61. The monoisotopic (exact) mass is 290 g/mol. The first-order valence-electron chi connectivity index (χ1n) is 2.32. The Balaban J connectivity index is 4.10. The van der Waals surface area contributed by atoms with Crippen LogP contribution in [0.2, 0.25) is 0 Å². The van der Waals surface area contributed by atoms with E-state index in [2.05, 4.69) is 11.6 Å². The lowest BCUT2D eigenvalue weighted by Crippen LogP contribution is -2.35. The number of hydrogen-bond acceptors (Lipinski definition) is 0. The van der Waals surface area contributed by atoms with Gasteiger partial charge in [-0.05, 0) is 11.6 Å². The van der Waals surface area contributed by atoms with Crippen LogP contribution >= 0.6 is 34.2 Å². The zero-order valence-corrected chi connectivity index (χ0v) is 7.60. The lowest BCUT2D eigenvalue weighted by atomic mass is 10.3. The molecule has 0 nitrogen and oxygen atoms in total. The zero-order valence-electron chi connectivity index (χ0n) is 4.68. The highest BCUT2D eigenvalue weighted by Crippen LogP contribution is 2.40. The molecule has 0 spiro atoms. The Morgan fingerprint density at radius 1 is 1.20 bits per heavy atom. The van der Waals surface area contributed by atoms with Gasteiger partial charge in [0.05, 0.1) is 0 Å². The van der Waals surface area contributed by atoms with E-state index in [1.54, 1.807) is 22.6 Å². The Bertz CT molecular complexity index is 110. The Morgan fingerprint density at radius 3 is 1.70 bits per heavy atom. The second-order valence-electron chi connectivity index (χ2n) is 1.64. The van der Waals surface area contributed by atoms with E-state index in [1.165, 1.54) is 0 Å². The van der Waals surface area contributed by atoms with Crippen LogP contribution in [0, 0.1) is 0 Å². The van der Waals surface area contributed by atoms with Crippen molar-refractivity contribution in [1.29, 1.82) is 0 Å². The van der Waals surface area contributed by atoms with E-state index < -0.39 is 17.7 Å². The highest BCUT2D eigenvalue weighted by atomic mass is 127. The van der Waals surface area contributed by atoms with Crippen LogP contribution in [0.25, 0.3) is 0 Å². The van der Waals surface area contributed by atoms with Gasteiger partial charge in [0.2, 0.25) is 0 Å². The second kappa shape index (κ2) is 3.42. The maximum absolute atomic E-state index is 12.0. The first-order chi connectivity index (χ1) is 4.31. The summed E-state index contributed by atoms with van der Waals surface area (Å²) in [6, 6.07) is 0. The van der Waals surface area contributed by atoms with Gasteiger partial charge in [-0.25, -0.2) is 0 Å². The Hall–Kier alpha value is 0.740. The quantitative estimate of drug-likeness (QED) is 0.425. The summed E-state index contributed by atoms with van der Waals surface area (Å²) >= 11 is 5.70. The normalized spacial score (nSPS) is 13.8. The van der Waals surface area contributed by atoms with Crippen LogP contribution in [0.1, 0.15) is 6.42 Å². The van der Waals surface area contributed by atoms with Crippen LogP contribution in [0.3, 0.4) is 0 Å². The molecule has 0 fully saturated rings. The SMILES string of the molecule is FC(F)(Cl)C(F)(F)CCI. The van der Waals surface area contributed by atoms with Gasteiger partial charge >= 0.3 is 11.3 Å². The zero-order chi connectivity index (χ0) is 8.41. The molecule has 0 saturated heterocycles. The minimum Gasteiger partial charge on any atom is -0.198 e. The molecule has 0 amide bonds. The maximum atomic E-state index is 12.0. The summed E-state index contributed by atoms with van der Waals surface area (Å²) in [5.74, 6) is -4.09. The van der Waals surface area contributed by atoms with E-state index in [0.717, 1.165) is 0 Å². The van der Waals surface area contributed by atoms with Crippen molar-refractivity contribution in [2.75, 3.05) is 4.43 Å². The fourth-order valence-electron chi connectivity index (χ4n) is 0.260. The van der Waals surface area contributed by atoms with Gasteiger partial charge in [-0.15, -0.1) is 0 Å². The number of rotatable bonds is 3. The fourth-order valence-corrected chi connectivity index (χ4v) is 1.03. The lowest BCUT2D eigenvalue weighted by Gasteiger charge is -2.19. The number of halogens is 6. The highest BCUT2D eigenvalue weighted by molar-refractivity contribution is 14.1. The van der Waals surface area contributed by atoms with Crippen LogP contribution in [-0.2, 0) is 0 Å². The van der Waals surface area contributed by atoms with Crippen molar-refractivity contribution >= 4 is 34.2 Å². The van der Waals surface area contributed by atoms with Gasteiger partial charge < -0.3 is 0 Å². The third-order valence-corrected chi connectivity index (χ3v) is 1.64. The molecule has 62 valence electrons. The smallest absolute Gasteiger partial charge is 0.198 e. The van der Waals surface area contributed by atoms with Crippen molar-refractivity contribution < 1.29 is 17.6 Å². The average molecular weight is 290 g/mol. The summed E-state index contributed by atoms with van der Waals surface area (Å²) in [5.41, 5.74) is 0. The third kappa shape index (κ3) is 2.77. The van der Waals surface area contributed by atoms with Gasteiger partial charge in [-0.3, -0.25) is 0 Å². The predicted molar refractivity (Wildman–Crippen MR) is 39.3 cm³/mol. The van der Waals surface area contributed by atoms with E-state index in [9.17, 15) is 17.6 Å². The number of hydrogen-bond donors (Lipinski definition) is 0. The molecule has 10 heavy (non-hydrogen) atoms. The highest BCUT2D eigenvalue weighted by Gasteiger charge is 2.53. The molecule has 0 aromatic carbocycles. The van der Waals surface area contributed by atoms with Crippen LogP contribution in [-0.4, -0.2) is 15.7 Å². The van der Waals surface area contributed by atoms with Gasteiger partial charge in [-0.2, -0.15) is 17.6 Å². The fraction of sp³-hybridized carbons (Fsp3) is 1.00. The first kappa shape index (κ1) is 10.7. The topological polar surface area (TPSA) is 0 Å². The predicted octanol–water partition coefficient (Wildman–Crippen LogP) is 3.28. The van der Waals surface area contributed by atoms with Crippen molar-refractivity contribution in [3.8, 4) is 0 Å². The lowest BCUT2D eigenvalue weighted by molar-refractivity contribution is -0.157. The molecule has 0 aromatic heterocycles. The molecule has 0 saturated carbocycles. The molecular formula is C4H4ClF4I. The molecule has 0 unspecified atom stereocenters. The Morgan fingerprint density at radius 2 is 1.60 bits per heavy atom. The molecule has 0 bridgehead atoms. The van der Waals surface area contributed by atoms with Gasteiger partial charge in [0, 0.05) is 10.8 Å². The van der Waals surface area contributed by atoms with E-state index in [0.29, 0.717) is 0 Å². The maximum Gasteiger partial charge on any atom is 0.384 e. The molecule has 0 N–H and O–H groups in total. The van der Waals surface area contributed by atoms with Crippen molar-refractivity contribution in [1.82, 2.24) is 0 Å². The minimum absolute atomic E-state index is 0.0485. The molecule has 0 radical (unpaired) electrons. The second-order valence-corrected chi connectivity index (χ2v) is 3.19. The Labute approximate surface area is 74.1 Å². The van der Waals surface area contributed by atoms with E-state index >= 15 is 0 Å². The minimum atomic E-state index is -4.42. The molecule has 0 aromatic rings. The van der Waals surface area contributed by atoms with Crippen molar-refractivity contribution in [2.45, 2.75) is 17.7 Å². The molecule has 0 atom stereocenters. The molecular weight excluding hydrogens is 286 g/mol. The molecule has 0 rings (SSSR count). The third-order valence-electron chi connectivity index (χ3n) is 0.823. The largest absolute Gasteiger partial charge is 0.384 e. The van der Waals surface area contributed by atoms with Crippen LogP contribution in [0.15, 0.2) is 0 Å². The van der Waals surface area contributed by atoms with Crippen LogP contribution in [0.4, 0.5) is 17.6 Å². The summed E-state index contributed by atoms with van der Waals surface area (Å²) in [6.07, 6.45) is -0.899. The summed E-state index contributed by atoms with van der Waals surface area (Å²) in [4.78, 5) is 0. The van der Waals surface area contributed by atoms with Gasteiger partial charge in [-0.1, -0.05) is 22.6 Å². The Kier molecular flexibility index (Phi) is 3.68. The first-order valence-corrected chi connectivity index (χ1v) is 4.22. The van der Waals surface area contributed by atoms with E-state index in [1.807, 2.05) is 0 Å². The summed E-state index contributed by atoms with van der Waals surface area (Å²) in [7, 11) is 0. The van der Waals surface area contributed by atoms with Crippen molar-refractivity contribution in [2.24, 2.45) is 0 Å². The summed E-state index contributed by atoms with van der Waals surface area (Å²) in [5, 5.41) is -4.42. The summed E-state index contributed by atoms with van der Waals surface area (Å²) in [6.45, 7) is 0. The molecule has 6 heteroatoms. The molecule has 0 aliphatic rings. The standard InChI is InChI=1S/C4H4ClF4I/c5-4(8,9)3(6,7)1-2-10/h1-2H2.